The minimum Gasteiger partial charge on any atom is -0.382 e. The van der Waals surface area contributed by atoms with Crippen molar-refractivity contribution in [1.29, 1.82) is 0 Å². The maximum absolute atomic E-state index is 5.74. The third-order valence-corrected chi connectivity index (χ3v) is 3.39. The fraction of sp³-hybridized carbons (Fsp3) is 0.455. The number of rotatable bonds is 5. The maximum Gasteiger partial charge on any atom is 0.169 e. The second-order valence-corrected chi connectivity index (χ2v) is 4.77. The summed E-state index contributed by atoms with van der Waals surface area (Å²) in [6, 6.07) is 0. The number of nitrogen functional groups attached to an aromatic ring is 1. The van der Waals surface area contributed by atoms with E-state index in [1.165, 1.54) is 19.3 Å². The van der Waals surface area contributed by atoms with E-state index in [4.69, 9.17) is 5.73 Å². The number of aromatic nitrogens is 3. The van der Waals surface area contributed by atoms with Gasteiger partial charge in [-0.05, 0) is 12.2 Å². The lowest BCUT2D eigenvalue weighted by Crippen LogP contribution is -1.97. The Morgan fingerprint density at radius 1 is 1.44 bits per heavy atom. The summed E-state index contributed by atoms with van der Waals surface area (Å²) in [6.45, 7) is 2.20. The average Bonchev–Trinajstić information content (AvgIpc) is 2.72. The monoisotopic (exact) mass is 236 g/mol. The summed E-state index contributed by atoms with van der Waals surface area (Å²) >= 11 is 1.73. The standard InChI is InChI=1S/C11H16N4S/c1-2-3-4-7-16-11-10-13-5-6-15(10)8-9(12)14-11/h5-6,8H,2-4,7,12H2,1H3. The minimum absolute atomic E-state index is 0.545. The number of hydrogen-bond acceptors (Lipinski definition) is 4. The second-order valence-electron chi connectivity index (χ2n) is 3.68. The van der Waals surface area contributed by atoms with Crippen molar-refractivity contribution in [2.24, 2.45) is 0 Å². The van der Waals surface area contributed by atoms with Crippen molar-refractivity contribution < 1.29 is 0 Å². The number of imidazole rings is 1. The summed E-state index contributed by atoms with van der Waals surface area (Å²) in [5.74, 6) is 1.62. The van der Waals surface area contributed by atoms with Crippen LogP contribution in [0, 0.1) is 0 Å². The first-order chi connectivity index (χ1) is 7.81. The van der Waals surface area contributed by atoms with E-state index in [1.54, 1.807) is 24.2 Å². The van der Waals surface area contributed by atoms with Crippen LogP contribution in [-0.2, 0) is 0 Å². The zero-order chi connectivity index (χ0) is 11.4. The minimum atomic E-state index is 0.545. The van der Waals surface area contributed by atoms with Crippen LogP contribution >= 0.6 is 11.8 Å². The largest absolute Gasteiger partial charge is 0.382 e. The molecule has 2 aromatic heterocycles. The fourth-order valence-electron chi connectivity index (χ4n) is 1.54. The van der Waals surface area contributed by atoms with Gasteiger partial charge in [0, 0.05) is 12.4 Å². The average molecular weight is 236 g/mol. The van der Waals surface area contributed by atoms with Gasteiger partial charge < -0.3 is 10.1 Å². The third kappa shape index (κ3) is 2.47. The van der Waals surface area contributed by atoms with E-state index in [0.717, 1.165) is 16.4 Å². The Bertz CT molecular complexity index is 466. The van der Waals surface area contributed by atoms with Gasteiger partial charge >= 0.3 is 0 Å². The predicted octanol–water partition coefficient (Wildman–Crippen LogP) is 2.59. The zero-order valence-electron chi connectivity index (χ0n) is 9.39. The SMILES string of the molecule is CCCCCSc1nc(N)cn2ccnc12. The highest BCUT2D eigenvalue weighted by Gasteiger charge is 2.06. The molecule has 0 aromatic carbocycles. The lowest BCUT2D eigenvalue weighted by molar-refractivity contribution is 0.778. The van der Waals surface area contributed by atoms with Crippen LogP contribution in [0.5, 0.6) is 0 Å². The van der Waals surface area contributed by atoms with Crippen LogP contribution in [0.15, 0.2) is 23.6 Å². The Morgan fingerprint density at radius 2 is 2.31 bits per heavy atom. The molecule has 16 heavy (non-hydrogen) atoms. The Kier molecular flexibility index (Phi) is 3.66. The quantitative estimate of drug-likeness (QED) is 0.640. The number of nitrogens with zero attached hydrogens (tertiary/aromatic N) is 3. The van der Waals surface area contributed by atoms with Gasteiger partial charge in [-0.25, -0.2) is 9.97 Å². The van der Waals surface area contributed by atoms with Gasteiger partial charge in [-0.3, -0.25) is 0 Å². The first-order valence-corrected chi connectivity index (χ1v) is 6.52. The molecule has 0 aliphatic carbocycles. The van der Waals surface area contributed by atoms with Gasteiger partial charge in [-0.2, -0.15) is 0 Å². The van der Waals surface area contributed by atoms with Crippen LogP contribution in [0.4, 0.5) is 5.82 Å². The van der Waals surface area contributed by atoms with Crippen molar-refractivity contribution in [2.75, 3.05) is 11.5 Å². The topological polar surface area (TPSA) is 56.2 Å². The van der Waals surface area contributed by atoms with Gasteiger partial charge in [0.05, 0.1) is 6.20 Å². The molecule has 0 aliphatic rings. The van der Waals surface area contributed by atoms with Crippen LogP contribution in [0.2, 0.25) is 0 Å². The van der Waals surface area contributed by atoms with Gasteiger partial charge in [0.2, 0.25) is 0 Å². The van der Waals surface area contributed by atoms with Crippen molar-refractivity contribution in [1.82, 2.24) is 14.4 Å². The number of thioether (sulfide) groups is 1. The Balaban J connectivity index is 2.12. The van der Waals surface area contributed by atoms with Crippen molar-refractivity contribution in [2.45, 2.75) is 31.2 Å². The molecule has 2 aromatic rings. The summed E-state index contributed by atoms with van der Waals surface area (Å²) < 4.78 is 1.92. The van der Waals surface area contributed by atoms with Gasteiger partial charge in [0.1, 0.15) is 10.8 Å². The second kappa shape index (κ2) is 5.21. The van der Waals surface area contributed by atoms with Crippen molar-refractivity contribution in [3.63, 3.8) is 0 Å². The number of unbranched alkanes of at least 4 members (excludes halogenated alkanes) is 2. The van der Waals surface area contributed by atoms with Gasteiger partial charge in [0.25, 0.3) is 0 Å². The fourth-order valence-corrected chi connectivity index (χ4v) is 2.54. The highest BCUT2D eigenvalue weighted by molar-refractivity contribution is 7.99. The molecule has 4 nitrogen and oxygen atoms in total. The smallest absolute Gasteiger partial charge is 0.169 e. The van der Waals surface area contributed by atoms with Gasteiger partial charge in [-0.15, -0.1) is 11.8 Å². The van der Waals surface area contributed by atoms with E-state index < -0.39 is 0 Å². The molecule has 0 radical (unpaired) electrons. The molecule has 2 heterocycles. The molecule has 0 spiro atoms. The summed E-state index contributed by atoms with van der Waals surface area (Å²) in [4.78, 5) is 8.61. The van der Waals surface area contributed by atoms with Gasteiger partial charge in [0.15, 0.2) is 5.65 Å². The first-order valence-electron chi connectivity index (χ1n) is 5.53. The Hall–Kier alpha value is -1.23. The predicted molar refractivity (Wildman–Crippen MR) is 67.6 cm³/mol. The van der Waals surface area contributed by atoms with Crippen LogP contribution < -0.4 is 5.73 Å². The van der Waals surface area contributed by atoms with Crippen LogP contribution in [0.1, 0.15) is 26.2 Å². The Morgan fingerprint density at radius 3 is 3.12 bits per heavy atom. The molecule has 5 heteroatoms. The van der Waals surface area contributed by atoms with Gasteiger partial charge in [-0.1, -0.05) is 19.8 Å². The van der Waals surface area contributed by atoms with Crippen LogP contribution in [-0.4, -0.2) is 20.1 Å². The molecule has 2 rings (SSSR count). The first kappa shape index (κ1) is 11.3. The molecular weight excluding hydrogens is 220 g/mol. The van der Waals surface area contributed by atoms with Crippen molar-refractivity contribution in [3.8, 4) is 0 Å². The maximum atomic E-state index is 5.74. The number of anilines is 1. The third-order valence-electron chi connectivity index (χ3n) is 2.35. The molecule has 0 fully saturated rings. The molecule has 86 valence electrons. The summed E-state index contributed by atoms with van der Waals surface area (Å²) in [5, 5.41) is 0.932. The van der Waals surface area contributed by atoms with Crippen molar-refractivity contribution >= 4 is 23.2 Å². The van der Waals surface area contributed by atoms with E-state index in [0.29, 0.717) is 5.82 Å². The molecule has 0 bridgehead atoms. The molecule has 0 saturated carbocycles. The molecule has 0 unspecified atom stereocenters. The Labute approximate surface area is 99.3 Å². The molecular formula is C11H16N4S. The van der Waals surface area contributed by atoms with E-state index in [1.807, 2.05) is 10.6 Å². The van der Waals surface area contributed by atoms with E-state index in [9.17, 15) is 0 Å². The molecule has 0 aliphatic heterocycles. The lowest BCUT2D eigenvalue weighted by Gasteiger charge is -2.04. The zero-order valence-corrected chi connectivity index (χ0v) is 10.2. The lowest BCUT2D eigenvalue weighted by atomic mass is 10.3. The van der Waals surface area contributed by atoms with E-state index in [2.05, 4.69) is 16.9 Å². The number of fused-ring (bicyclic) bond motifs is 1. The van der Waals surface area contributed by atoms with E-state index >= 15 is 0 Å². The van der Waals surface area contributed by atoms with E-state index in [-0.39, 0.29) is 0 Å². The normalized spacial score (nSPS) is 11.1. The summed E-state index contributed by atoms with van der Waals surface area (Å²) in [6.07, 6.45) is 9.17. The molecule has 2 N–H and O–H groups in total. The molecule has 0 saturated heterocycles. The number of nitrogens with two attached hydrogens (primary N) is 1. The summed E-state index contributed by atoms with van der Waals surface area (Å²) in [5.41, 5.74) is 6.64. The molecule has 0 atom stereocenters. The number of hydrogen-bond donors (Lipinski definition) is 1. The molecule has 0 amide bonds. The summed E-state index contributed by atoms with van der Waals surface area (Å²) in [7, 11) is 0. The van der Waals surface area contributed by atoms with Crippen molar-refractivity contribution in [3.05, 3.63) is 18.6 Å². The highest BCUT2D eigenvalue weighted by Crippen LogP contribution is 2.22. The van der Waals surface area contributed by atoms with Crippen LogP contribution in [0.25, 0.3) is 5.65 Å². The highest BCUT2D eigenvalue weighted by atomic mass is 32.2. The van der Waals surface area contributed by atoms with Crippen LogP contribution in [0.3, 0.4) is 0 Å².